The first kappa shape index (κ1) is 23.9. The lowest BCUT2D eigenvalue weighted by Gasteiger charge is -2.22. The second-order valence-corrected chi connectivity index (χ2v) is 10.9. The van der Waals surface area contributed by atoms with E-state index >= 15 is 0 Å². The summed E-state index contributed by atoms with van der Waals surface area (Å²) in [4.78, 5) is 25.7. The number of hydrogen-bond acceptors (Lipinski definition) is 5. The Morgan fingerprint density at radius 1 is 1.16 bits per heavy atom. The van der Waals surface area contributed by atoms with Crippen molar-refractivity contribution in [3.8, 4) is 5.75 Å². The Kier molecular flexibility index (Phi) is 6.71. The Hall–Kier alpha value is -2.78. The number of amides is 2. The number of ether oxygens (including phenoxy) is 1. The Balaban J connectivity index is 1.86. The van der Waals surface area contributed by atoms with Gasteiger partial charge in [0.25, 0.3) is 11.8 Å². The molecule has 0 spiro atoms. The maximum Gasteiger partial charge on any atom is 0.265 e. The molecule has 8 nitrogen and oxygen atoms in total. The van der Waals surface area contributed by atoms with E-state index < -0.39 is 27.6 Å². The molecule has 0 radical (unpaired) electrons. The van der Waals surface area contributed by atoms with Crippen molar-refractivity contribution in [1.82, 2.24) is 5.32 Å². The summed E-state index contributed by atoms with van der Waals surface area (Å²) in [6, 6.07) is 11.2. The molecule has 32 heavy (non-hydrogen) atoms. The Labute approximate surface area is 192 Å². The standard InChI is InChI=1S/C22H26ClN3O5S/c1-22(2,3)25-20(27)15-7-5-6-8-16(15)24-21(28)19-11-12-26(32(4,29)30)17-13-14(23)9-10-18(17)31-19/h5-10,13,19H,11-12H2,1-4H3,(H,24,28)(H,25,27)/t19-/m0/s1. The summed E-state index contributed by atoms with van der Waals surface area (Å²) in [7, 11) is -3.61. The molecule has 1 atom stereocenters. The van der Waals surface area contributed by atoms with Crippen molar-refractivity contribution in [2.24, 2.45) is 0 Å². The number of nitrogens with one attached hydrogen (secondary N) is 2. The van der Waals surface area contributed by atoms with Crippen LogP contribution in [0.3, 0.4) is 0 Å². The molecule has 2 aromatic carbocycles. The smallest absolute Gasteiger partial charge is 0.265 e. The van der Waals surface area contributed by atoms with Crippen LogP contribution in [0, 0.1) is 0 Å². The molecule has 172 valence electrons. The van der Waals surface area contributed by atoms with Gasteiger partial charge in [0.15, 0.2) is 6.10 Å². The summed E-state index contributed by atoms with van der Waals surface area (Å²) in [5, 5.41) is 5.97. The highest BCUT2D eigenvalue weighted by molar-refractivity contribution is 7.92. The highest BCUT2D eigenvalue weighted by atomic mass is 35.5. The van der Waals surface area contributed by atoms with Crippen LogP contribution in [-0.4, -0.2) is 44.7 Å². The fraction of sp³-hybridized carbons (Fsp3) is 0.364. The number of anilines is 2. The predicted octanol–water partition coefficient (Wildman–Crippen LogP) is 3.42. The third kappa shape index (κ3) is 5.72. The molecule has 1 aliphatic rings. The van der Waals surface area contributed by atoms with Crippen molar-refractivity contribution in [2.45, 2.75) is 38.8 Å². The number of hydrogen-bond donors (Lipinski definition) is 2. The molecule has 0 unspecified atom stereocenters. The van der Waals surface area contributed by atoms with Gasteiger partial charge in [-0.1, -0.05) is 23.7 Å². The largest absolute Gasteiger partial charge is 0.478 e. The van der Waals surface area contributed by atoms with Crippen molar-refractivity contribution in [3.05, 3.63) is 53.1 Å². The van der Waals surface area contributed by atoms with Crippen LogP contribution in [0.4, 0.5) is 11.4 Å². The molecule has 0 aromatic heterocycles. The Morgan fingerprint density at radius 2 is 1.84 bits per heavy atom. The normalized spacial score (nSPS) is 16.4. The van der Waals surface area contributed by atoms with E-state index in [1.54, 1.807) is 30.3 Å². The number of rotatable bonds is 4. The highest BCUT2D eigenvalue weighted by Crippen LogP contribution is 2.36. The van der Waals surface area contributed by atoms with Crippen LogP contribution in [0.5, 0.6) is 5.75 Å². The fourth-order valence-corrected chi connectivity index (χ4v) is 4.40. The minimum absolute atomic E-state index is 0.0381. The lowest BCUT2D eigenvalue weighted by Crippen LogP contribution is -2.41. The monoisotopic (exact) mass is 479 g/mol. The van der Waals surface area contributed by atoms with Crippen LogP contribution in [0.15, 0.2) is 42.5 Å². The van der Waals surface area contributed by atoms with Gasteiger partial charge < -0.3 is 15.4 Å². The molecular formula is C22H26ClN3O5S. The van der Waals surface area contributed by atoms with E-state index in [-0.39, 0.29) is 30.3 Å². The van der Waals surface area contributed by atoms with E-state index in [1.807, 2.05) is 20.8 Å². The van der Waals surface area contributed by atoms with Crippen molar-refractivity contribution in [3.63, 3.8) is 0 Å². The molecule has 1 aliphatic heterocycles. The first-order valence-electron chi connectivity index (χ1n) is 10.0. The molecule has 1 heterocycles. The van der Waals surface area contributed by atoms with E-state index in [4.69, 9.17) is 16.3 Å². The molecule has 0 fully saturated rings. The first-order chi connectivity index (χ1) is 14.8. The zero-order valence-corrected chi connectivity index (χ0v) is 19.9. The third-order valence-corrected chi connectivity index (χ3v) is 6.08. The van der Waals surface area contributed by atoms with Gasteiger partial charge in [-0.05, 0) is 51.1 Å². The number of carbonyl (C=O) groups is 2. The van der Waals surface area contributed by atoms with E-state index in [1.165, 1.54) is 16.4 Å². The van der Waals surface area contributed by atoms with Crippen molar-refractivity contribution >= 4 is 44.8 Å². The van der Waals surface area contributed by atoms with E-state index in [0.717, 1.165) is 6.26 Å². The molecule has 0 saturated heterocycles. The predicted molar refractivity (Wildman–Crippen MR) is 125 cm³/mol. The first-order valence-corrected chi connectivity index (χ1v) is 12.2. The number of benzene rings is 2. The SMILES string of the molecule is CC(C)(C)NC(=O)c1ccccc1NC(=O)[C@@H]1CCN(S(C)(=O)=O)c2cc(Cl)ccc2O1. The number of nitrogens with zero attached hydrogens (tertiary/aromatic N) is 1. The molecule has 0 aliphatic carbocycles. The quantitative estimate of drug-likeness (QED) is 0.699. The fourth-order valence-electron chi connectivity index (χ4n) is 3.29. The summed E-state index contributed by atoms with van der Waals surface area (Å²) in [5.74, 6) is -0.577. The number of para-hydroxylation sites is 1. The number of carbonyl (C=O) groups excluding carboxylic acids is 2. The number of halogens is 1. The molecule has 2 N–H and O–H groups in total. The molecule has 2 amide bonds. The van der Waals surface area contributed by atoms with Crippen LogP contribution in [0.2, 0.25) is 5.02 Å². The van der Waals surface area contributed by atoms with Gasteiger partial charge in [-0.15, -0.1) is 0 Å². The average Bonchev–Trinajstić information content (AvgIpc) is 2.86. The molecule has 10 heteroatoms. The second-order valence-electron chi connectivity index (χ2n) is 8.58. The lowest BCUT2D eigenvalue weighted by molar-refractivity contribution is -0.122. The molecule has 2 aromatic rings. The van der Waals surface area contributed by atoms with Gasteiger partial charge in [-0.25, -0.2) is 8.42 Å². The summed E-state index contributed by atoms with van der Waals surface area (Å²) >= 11 is 6.05. The zero-order valence-electron chi connectivity index (χ0n) is 18.3. The molecule has 3 rings (SSSR count). The van der Waals surface area contributed by atoms with E-state index in [0.29, 0.717) is 16.3 Å². The van der Waals surface area contributed by atoms with Crippen LogP contribution >= 0.6 is 11.6 Å². The number of fused-ring (bicyclic) bond motifs is 1. The van der Waals surface area contributed by atoms with Gasteiger partial charge in [-0.3, -0.25) is 13.9 Å². The minimum Gasteiger partial charge on any atom is -0.478 e. The Bertz CT molecular complexity index is 1140. The van der Waals surface area contributed by atoms with Crippen molar-refractivity contribution in [2.75, 3.05) is 22.4 Å². The lowest BCUT2D eigenvalue weighted by atomic mass is 10.1. The summed E-state index contributed by atoms with van der Waals surface area (Å²) in [6.07, 6.45) is 0.226. The van der Waals surface area contributed by atoms with Gasteiger partial charge >= 0.3 is 0 Å². The summed E-state index contributed by atoms with van der Waals surface area (Å²) in [5.41, 5.74) is 0.483. The van der Waals surface area contributed by atoms with Crippen LogP contribution in [-0.2, 0) is 14.8 Å². The zero-order chi connectivity index (χ0) is 23.7. The maximum absolute atomic E-state index is 13.1. The van der Waals surface area contributed by atoms with Gasteiger partial charge in [0.2, 0.25) is 10.0 Å². The molecule has 0 bridgehead atoms. The minimum atomic E-state index is -3.61. The topological polar surface area (TPSA) is 105 Å². The van der Waals surface area contributed by atoms with Crippen molar-refractivity contribution in [1.29, 1.82) is 0 Å². The second kappa shape index (κ2) is 8.99. The van der Waals surface area contributed by atoms with Gasteiger partial charge in [0.05, 0.1) is 23.2 Å². The van der Waals surface area contributed by atoms with Crippen LogP contribution < -0.4 is 19.7 Å². The Morgan fingerprint density at radius 3 is 2.50 bits per heavy atom. The summed E-state index contributed by atoms with van der Waals surface area (Å²) in [6.45, 7) is 5.63. The molecular weight excluding hydrogens is 454 g/mol. The maximum atomic E-state index is 13.1. The van der Waals surface area contributed by atoms with Crippen LogP contribution in [0.1, 0.15) is 37.6 Å². The summed E-state index contributed by atoms with van der Waals surface area (Å²) < 4.78 is 31.6. The van der Waals surface area contributed by atoms with Gasteiger partial charge in [0, 0.05) is 23.5 Å². The average molecular weight is 480 g/mol. The van der Waals surface area contributed by atoms with Gasteiger partial charge in [0.1, 0.15) is 5.75 Å². The van der Waals surface area contributed by atoms with Crippen molar-refractivity contribution < 1.29 is 22.7 Å². The third-order valence-electron chi connectivity index (χ3n) is 4.66. The molecule has 0 saturated carbocycles. The number of sulfonamides is 1. The van der Waals surface area contributed by atoms with Crippen LogP contribution in [0.25, 0.3) is 0 Å². The highest BCUT2D eigenvalue weighted by Gasteiger charge is 2.32. The van der Waals surface area contributed by atoms with E-state index in [2.05, 4.69) is 10.6 Å². The van der Waals surface area contributed by atoms with Gasteiger partial charge in [-0.2, -0.15) is 0 Å². The van der Waals surface area contributed by atoms with E-state index in [9.17, 15) is 18.0 Å².